The summed E-state index contributed by atoms with van der Waals surface area (Å²) in [5, 5.41) is 15.8. The molecule has 0 aliphatic rings. The normalized spacial score (nSPS) is 13.4. The van der Waals surface area contributed by atoms with E-state index in [-0.39, 0.29) is 24.7 Å². The first-order valence-electron chi connectivity index (χ1n) is 9.26. The van der Waals surface area contributed by atoms with Gasteiger partial charge < -0.3 is 14.9 Å². The summed E-state index contributed by atoms with van der Waals surface area (Å²) in [5.74, 6) is -0.239. The monoisotopic (exact) mass is 373 g/mol. The number of aryl methyl sites for hydroxylation is 1. The van der Waals surface area contributed by atoms with Crippen molar-refractivity contribution in [3.8, 4) is 11.4 Å². The average Bonchev–Trinajstić information content (AvgIpc) is 3.12. The smallest absolute Gasteiger partial charge is 0.326 e. The number of benzene rings is 1. The lowest BCUT2D eigenvalue weighted by atomic mass is 9.99. The highest BCUT2D eigenvalue weighted by Gasteiger charge is 2.25. The second-order valence-electron chi connectivity index (χ2n) is 7.06. The summed E-state index contributed by atoms with van der Waals surface area (Å²) in [5.41, 5.74) is 2.08. The quantitative estimate of drug-likeness (QED) is 0.698. The molecule has 2 atom stereocenters. The van der Waals surface area contributed by atoms with E-state index < -0.39 is 12.0 Å². The Morgan fingerprint density at radius 3 is 2.41 bits per heavy atom. The van der Waals surface area contributed by atoms with Gasteiger partial charge in [0.25, 0.3) is 0 Å². The lowest BCUT2D eigenvalue weighted by Crippen LogP contribution is -2.45. The zero-order valence-electron chi connectivity index (χ0n) is 16.2. The third-order valence-corrected chi connectivity index (χ3v) is 4.67. The largest absolute Gasteiger partial charge is 0.480 e. The molecule has 0 aliphatic heterocycles. The van der Waals surface area contributed by atoms with Crippen molar-refractivity contribution < 1.29 is 19.2 Å². The van der Waals surface area contributed by atoms with Crippen LogP contribution in [0.3, 0.4) is 0 Å². The number of aromatic nitrogens is 2. The Balaban J connectivity index is 1.93. The molecule has 1 heterocycles. The van der Waals surface area contributed by atoms with Crippen molar-refractivity contribution in [2.24, 2.45) is 5.92 Å². The Bertz CT molecular complexity index is 768. The zero-order chi connectivity index (χ0) is 20.0. The lowest BCUT2D eigenvalue weighted by Gasteiger charge is -2.19. The SMILES string of the molecule is CC[C@H](C)[C@H](NC(=O)CCc1nc(-c2ccc(C(C)C)cc2)no1)C(=O)O. The molecule has 0 spiro atoms. The van der Waals surface area contributed by atoms with Gasteiger partial charge in [0.2, 0.25) is 17.6 Å². The van der Waals surface area contributed by atoms with Crippen LogP contribution >= 0.6 is 0 Å². The highest BCUT2D eigenvalue weighted by molar-refractivity contribution is 5.83. The maximum absolute atomic E-state index is 12.1. The van der Waals surface area contributed by atoms with E-state index in [9.17, 15) is 14.7 Å². The minimum absolute atomic E-state index is 0.0914. The van der Waals surface area contributed by atoms with Gasteiger partial charge in [0.1, 0.15) is 6.04 Å². The summed E-state index contributed by atoms with van der Waals surface area (Å²) in [7, 11) is 0. The minimum atomic E-state index is -1.03. The maximum atomic E-state index is 12.1. The average molecular weight is 373 g/mol. The molecule has 7 nitrogen and oxygen atoms in total. The Morgan fingerprint density at radius 1 is 1.19 bits per heavy atom. The summed E-state index contributed by atoms with van der Waals surface area (Å²) in [6, 6.07) is 7.07. The van der Waals surface area contributed by atoms with E-state index in [0.29, 0.717) is 24.1 Å². The van der Waals surface area contributed by atoms with Crippen molar-refractivity contribution in [2.45, 2.75) is 58.9 Å². The second kappa shape index (κ2) is 9.30. The number of carboxylic acid groups (broad SMARTS) is 1. The van der Waals surface area contributed by atoms with Crippen LogP contribution in [0.25, 0.3) is 11.4 Å². The highest BCUT2D eigenvalue weighted by atomic mass is 16.5. The number of carboxylic acids is 1. The number of nitrogens with zero attached hydrogens (tertiary/aromatic N) is 2. The number of nitrogens with one attached hydrogen (secondary N) is 1. The van der Waals surface area contributed by atoms with E-state index in [4.69, 9.17) is 4.52 Å². The molecule has 2 N–H and O–H groups in total. The number of amides is 1. The minimum Gasteiger partial charge on any atom is -0.480 e. The molecule has 7 heteroatoms. The van der Waals surface area contributed by atoms with Gasteiger partial charge in [-0.3, -0.25) is 4.79 Å². The van der Waals surface area contributed by atoms with Crippen LogP contribution < -0.4 is 5.32 Å². The number of carbonyl (C=O) groups excluding carboxylic acids is 1. The number of carbonyl (C=O) groups is 2. The molecule has 146 valence electrons. The standard InChI is InChI=1S/C20H27N3O4/c1-5-13(4)18(20(25)26)21-16(24)10-11-17-22-19(23-27-17)15-8-6-14(7-9-15)12(2)3/h6-9,12-13,18H,5,10-11H2,1-4H3,(H,21,24)(H,25,26)/t13-,18-/m0/s1. The Kier molecular flexibility index (Phi) is 7.10. The second-order valence-corrected chi connectivity index (χ2v) is 7.06. The third-order valence-electron chi connectivity index (χ3n) is 4.67. The van der Waals surface area contributed by atoms with E-state index in [1.54, 1.807) is 6.92 Å². The third kappa shape index (κ3) is 5.64. The summed E-state index contributed by atoms with van der Waals surface area (Å²) < 4.78 is 5.21. The summed E-state index contributed by atoms with van der Waals surface area (Å²) in [4.78, 5) is 27.7. The van der Waals surface area contributed by atoms with Crippen LogP contribution in [0.15, 0.2) is 28.8 Å². The van der Waals surface area contributed by atoms with Gasteiger partial charge >= 0.3 is 5.97 Å². The number of hydrogen-bond acceptors (Lipinski definition) is 5. The molecule has 0 saturated heterocycles. The summed E-state index contributed by atoms with van der Waals surface area (Å²) in [6.45, 7) is 7.94. The lowest BCUT2D eigenvalue weighted by molar-refractivity contribution is -0.143. The molecular weight excluding hydrogens is 346 g/mol. The van der Waals surface area contributed by atoms with E-state index in [0.717, 1.165) is 5.56 Å². The first-order valence-corrected chi connectivity index (χ1v) is 9.26. The van der Waals surface area contributed by atoms with Gasteiger partial charge in [0, 0.05) is 18.4 Å². The molecule has 0 saturated carbocycles. The molecule has 27 heavy (non-hydrogen) atoms. The topological polar surface area (TPSA) is 105 Å². The van der Waals surface area contributed by atoms with Crippen LogP contribution in [-0.4, -0.2) is 33.2 Å². The zero-order valence-corrected chi connectivity index (χ0v) is 16.2. The van der Waals surface area contributed by atoms with Crippen molar-refractivity contribution in [3.63, 3.8) is 0 Å². The van der Waals surface area contributed by atoms with Crippen LogP contribution in [0, 0.1) is 5.92 Å². The predicted octanol–water partition coefficient (Wildman–Crippen LogP) is 3.41. The Hall–Kier alpha value is -2.70. The van der Waals surface area contributed by atoms with E-state index >= 15 is 0 Å². The van der Waals surface area contributed by atoms with Crippen LogP contribution in [0.2, 0.25) is 0 Å². The maximum Gasteiger partial charge on any atom is 0.326 e. The van der Waals surface area contributed by atoms with Gasteiger partial charge in [-0.2, -0.15) is 4.98 Å². The van der Waals surface area contributed by atoms with Gasteiger partial charge in [-0.05, 0) is 17.4 Å². The van der Waals surface area contributed by atoms with Gasteiger partial charge in [0.15, 0.2) is 0 Å². The Labute approximate surface area is 159 Å². The van der Waals surface area contributed by atoms with Crippen molar-refractivity contribution in [1.82, 2.24) is 15.5 Å². The molecule has 0 bridgehead atoms. The predicted molar refractivity (Wildman–Crippen MR) is 101 cm³/mol. The van der Waals surface area contributed by atoms with Crippen LogP contribution in [0.4, 0.5) is 0 Å². The fourth-order valence-electron chi connectivity index (χ4n) is 2.64. The molecule has 1 aromatic carbocycles. The number of rotatable bonds is 9. The van der Waals surface area contributed by atoms with Crippen molar-refractivity contribution in [1.29, 1.82) is 0 Å². The molecule has 2 rings (SSSR count). The van der Waals surface area contributed by atoms with E-state index in [2.05, 4.69) is 29.3 Å². The van der Waals surface area contributed by atoms with Crippen LogP contribution in [-0.2, 0) is 16.0 Å². The molecule has 0 radical (unpaired) electrons. The molecule has 0 unspecified atom stereocenters. The fraction of sp³-hybridized carbons (Fsp3) is 0.500. The van der Waals surface area contributed by atoms with Crippen LogP contribution in [0.5, 0.6) is 0 Å². The summed E-state index contributed by atoms with van der Waals surface area (Å²) >= 11 is 0. The first kappa shape index (κ1) is 20.6. The van der Waals surface area contributed by atoms with E-state index in [1.807, 2.05) is 31.2 Å². The van der Waals surface area contributed by atoms with Gasteiger partial charge in [-0.25, -0.2) is 4.79 Å². The summed E-state index contributed by atoms with van der Waals surface area (Å²) in [6.07, 6.45) is 1.02. The number of hydrogen-bond donors (Lipinski definition) is 2. The molecule has 1 aromatic heterocycles. The van der Waals surface area contributed by atoms with Gasteiger partial charge in [-0.15, -0.1) is 0 Å². The van der Waals surface area contributed by atoms with E-state index in [1.165, 1.54) is 5.56 Å². The molecular formula is C20H27N3O4. The molecule has 0 aliphatic carbocycles. The first-order chi connectivity index (χ1) is 12.8. The van der Waals surface area contributed by atoms with Crippen molar-refractivity contribution in [2.75, 3.05) is 0 Å². The van der Waals surface area contributed by atoms with Gasteiger partial charge in [0.05, 0.1) is 0 Å². The molecule has 1 amide bonds. The Morgan fingerprint density at radius 2 is 1.85 bits per heavy atom. The fourth-order valence-corrected chi connectivity index (χ4v) is 2.64. The molecule has 2 aromatic rings. The van der Waals surface area contributed by atoms with Crippen molar-refractivity contribution in [3.05, 3.63) is 35.7 Å². The van der Waals surface area contributed by atoms with Crippen LogP contribution in [0.1, 0.15) is 57.9 Å². The highest BCUT2D eigenvalue weighted by Crippen LogP contribution is 2.20. The number of aliphatic carboxylic acids is 1. The van der Waals surface area contributed by atoms with Gasteiger partial charge in [-0.1, -0.05) is 63.5 Å². The van der Waals surface area contributed by atoms with Crippen molar-refractivity contribution >= 4 is 11.9 Å². The molecule has 0 fully saturated rings.